The molecule has 3 aromatic carbocycles. The number of benzene rings is 3. The van der Waals surface area contributed by atoms with E-state index in [9.17, 15) is 13.2 Å². The lowest BCUT2D eigenvalue weighted by atomic mass is 9.98. The Kier molecular flexibility index (Phi) is 3.83. The molecule has 0 aliphatic rings. The largest absolute Gasteiger partial charge is 0.206 e. The van der Waals surface area contributed by atoms with Crippen LogP contribution in [0.5, 0.6) is 0 Å². The monoisotopic (exact) mass is 320 g/mol. The first-order valence-electron chi connectivity index (χ1n) is 6.87. The first kappa shape index (κ1) is 14.9. The highest BCUT2D eigenvalue weighted by Crippen LogP contribution is 2.32. The van der Waals surface area contributed by atoms with Gasteiger partial charge in [0.25, 0.3) is 0 Å². The van der Waals surface area contributed by atoms with E-state index in [1.54, 1.807) is 12.1 Å². The van der Waals surface area contributed by atoms with Crippen molar-refractivity contribution in [3.05, 3.63) is 70.5 Å². The average molecular weight is 321 g/mol. The topological polar surface area (TPSA) is 0 Å². The van der Waals surface area contributed by atoms with Gasteiger partial charge in [-0.05, 0) is 35.1 Å². The molecule has 0 atom stereocenters. The molecule has 0 aliphatic heterocycles. The summed E-state index contributed by atoms with van der Waals surface area (Å²) in [6.45, 7) is 2.02. The Balaban J connectivity index is 2.22. The van der Waals surface area contributed by atoms with Crippen molar-refractivity contribution in [2.24, 2.45) is 0 Å². The molecule has 0 spiro atoms. The predicted octanol–water partition coefficient (Wildman–Crippen LogP) is 6.14. The van der Waals surface area contributed by atoms with Crippen LogP contribution in [-0.4, -0.2) is 0 Å². The predicted molar refractivity (Wildman–Crippen MR) is 83.6 cm³/mol. The number of hydrogen-bond acceptors (Lipinski definition) is 0. The maximum absolute atomic E-state index is 14.7. The van der Waals surface area contributed by atoms with E-state index in [1.807, 2.05) is 19.1 Å². The molecule has 0 saturated heterocycles. The summed E-state index contributed by atoms with van der Waals surface area (Å²) in [6, 6.07) is 10.8. The smallest absolute Gasteiger partial charge is 0.145 e. The maximum Gasteiger partial charge on any atom is 0.145 e. The Morgan fingerprint density at radius 2 is 1.59 bits per heavy atom. The fraction of sp³-hybridized carbons (Fsp3) is 0.111. The fourth-order valence-electron chi connectivity index (χ4n) is 2.50. The molecular formula is C18H12ClF3. The number of halogens is 4. The van der Waals surface area contributed by atoms with Crippen LogP contribution in [0.3, 0.4) is 0 Å². The van der Waals surface area contributed by atoms with E-state index in [1.165, 1.54) is 6.07 Å². The molecule has 0 aliphatic carbocycles. The summed E-state index contributed by atoms with van der Waals surface area (Å²) in [4.78, 5) is 0. The number of fused-ring (bicyclic) bond motifs is 1. The van der Waals surface area contributed by atoms with E-state index in [0.29, 0.717) is 5.39 Å². The van der Waals surface area contributed by atoms with Gasteiger partial charge in [-0.3, -0.25) is 0 Å². The van der Waals surface area contributed by atoms with Gasteiger partial charge in [-0.25, -0.2) is 13.2 Å². The van der Waals surface area contributed by atoms with E-state index in [-0.39, 0.29) is 11.1 Å². The van der Waals surface area contributed by atoms with Crippen molar-refractivity contribution in [2.45, 2.75) is 13.3 Å². The second-order valence-electron chi connectivity index (χ2n) is 5.09. The Hall–Kier alpha value is -2.00. The number of rotatable bonds is 2. The molecule has 4 heteroatoms. The highest BCUT2D eigenvalue weighted by molar-refractivity contribution is 6.31. The lowest BCUT2D eigenvalue weighted by Crippen LogP contribution is -1.92. The quantitative estimate of drug-likeness (QED) is 0.497. The van der Waals surface area contributed by atoms with Gasteiger partial charge in [-0.1, -0.05) is 48.9 Å². The van der Waals surface area contributed by atoms with E-state index in [2.05, 4.69) is 0 Å². The van der Waals surface area contributed by atoms with Crippen molar-refractivity contribution >= 4 is 22.4 Å². The third-order valence-electron chi connectivity index (χ3n) is 3.72. The van der Waals surface area contributed by atoms with Gasteiger partial charge < -0.3 is 0 Å². The molecule has 112 valence electrons. The van der Waals surface area contributed by atoms with Crippen molar-refractivity contribution in [2.75, 3.05) is 0 Å². The molecule has 0 aromatic heterocycles. The Bertz CT molecular complexity index is 849. The molecule has 0 heterocycles. The van der Waals surface area contributed by atoms with Crippen molar-refractivity contribution in [1.29, 1.82) is 0 Å². The molecule has 0 nitrogen and oxygen atoms in total. The fourth-order valence-corrected chi connectivity index (χ4v) is 2.60. The summed E-state index contributed by atoms with van der Waals surface area (Å²) < 4.78 is 41.8. The standard InChI is InChI=1S/C18H12ClF3/c1-2-10-3-5-13-11(7-10)4-6-14(18(13)22)12-8-15(20)17(19)16(21)9-12/h3-9H,2H2,1H3. The summed E-state index contributed by atoms with van der Waals surface area (Å²) in [5, 5.41) is 0.596. The van der Waals surface area contributed by atoms with Gasteiger partial charge >= 0.3 is 0 Å². The molecule has 0 N–H and O–H groups in total. The van der Waals surface area contributed by atoms with Crippen molar-refractivity contribution < 1.29 is 13.2 Å². The lowest BCUT2D eigenvalue weighted by molar-refractivity contribution is 0.584. The Morgan fingerprint density at radius 3 is 2.23 bits per heavy atom. The molecule has 0 amide bonds. The van der Waals surface area contributed by atoms with Gasteiger partial charge in [0.2, 0.25) is 0 Å². The van der Waals surface area contributed by atoms with Gasteiger partial charge in [0.05, 0.1) is 0 Å². The van der Waals surface area contributed by atoms with Crippen LogP contribution < -0.4 is 0 Å². The van der Waals surface area contributed by atoms with Gasteiger partial charge in [0.1, 0.15) is 22.5 Å². The maximum atomic E-state index is 14.7. The van der Waals surface area contributed by atoms with E-state index < -0.39 is 22.5 Å². The number of hydrogen-bond donors (Lipinski definition) is 0. The summed E-state index contributed by atoms with van der Waals surface area (Å²) in [5.74, 6) is -2.31. The summed E-state index contributed by atoms with van der Waals surface area (Å²) in [6.07, 6.45) is 0.854. The van der Waals surface area contributed by atoms with Crippen LogP contribution in [0.4, 0.5) is 13.2 Å². The van der Waals surface area contributed by atoms with Gasteiger partial charge in [0, 0.05) is 10.9 Å². The van der Waals surface area contributed by atoms with Crippen LogP contribution in [-0.2, 0) is 6.42 Å². The zero-order valence-electron chi connectivity index (χ0n) is 11.8. The van der Waals surface area contributed by atoms with Crippen LogP contribution in [0.1, 0.15) is 12.5 Å². The second kappa shape index (κ2) is 5.65. The first-order valence-corrected chi connectivity index (χ1v) is 7.25. The molecular weight excluding hydrogens is 309 g/mol. The zero-order valence-corrected chi connectivity index (χ0v) is 12.5. The molecule has 3 rings (SSSR count). The highest BCUT2D eigenvalue weighted by Gasteiger charge is 2.14. The van der Waals surface area contributed by atoms with Crippen LogP contribution in [0, 0.1) is 17.5 Å². The van der Waals surface area contributed by atoms with E-state index in [4.69, 9.17) is 11.6 Å². The Labute approximate surface area is 131 Å². The molecule has 0 fully saturated rings. The third kappa shape index (κ3) is 2.46. The van der Waals surface area contributed by atoms with Crippen molar-refractivity contribution in [3.63, 3.8) is 0 Å². The molecule has 22 heavy (non-hydrogen) atoms. The van der Waals surface area contributed by atoms with Crippen LogP contribution in [0.2, 0.25) is 5.02 Å². The molecule has 0 unspecified atom stereocenters. The van der Waals surface area contributed by atoms with Crippen molar-refractivity contribution in [1.82, 2.24) is 0 Å². The van der Waals surface area contributed by atoms with Crippen molar-refractivity contribution in [3.8, 4) is 11.1 Å². The summed E-state index contributed by atoms with van der Waals surface area (Å²) >= 11 is 5.46. The Morgan fingerprint density at radius 1 is 0.909 bits per heavy atom. The highest BCUT2D eigenvalue weighted by atomic mass is 35.5. The van der Waals surface area contributed by atoms with Crippen LogP contribution in [0.25, 0.3) is 21.9 Å². The molecule has 0 radical (unpaired) electrons. The lowest BCUT2D eigenvalue weighted by Gasteiger charge is -2.09. The molecule has 3 aromatic rings. The number of aryl methyl sites for hydroxylation is 1. The minimum Gasteiger partial charge on any atom is -0.206 e. The summed E-state index contributed by atoms with van der Waals surface area (Å²) in [7, 11) is 0. The normalized spacial score (nSPS) is 11.1. The second-order valence-corrected chi connectivity index (χ2v) is 5.47. The van der Waals surface area contributed by atoms with Crippen LogP contribution >= 0.6 is 11.6 Å². The molecule has 0 saturated carbocycles. The van der Waals surface area contributed by atoms with Crippen LogP contribution in [0.15, 0.2) is 42.5 Å². The third-order valence-corrected chi connectivity index (χ3v) is 4.08. The minimum absolute atomic E-state index is 0.123. The van der Waals surface area contributed by atoms with Gasteiger partial charge in [-0.15, -0.1) is 0 Å². The van der Waals surface area contributed by atoms with Gasteiger partial charge in [0.15, 0.2) is 0 Å². The minimum atomic E-state index is -0.905. The van der Waals surface area contributed by atoms with Gasteiger partial charge in [-0.2, -0.15) is 0 Å². The van der Waals surface area contributed by atoms with E-state index in [0.717, 1.165) is 29.5 Å². The summed E-state index contributed by atoms with van der Waals surface area (Å²) in [5.41, 5.74) is 1.37. The SMILES string of the molecule is CCc1ccc2c(F)c(-c3cc(F)c(Cl)c(F)c3)ccc2c1. The zero-order chi connectivity index (χ0) is 15.9. The molecule has 0 bridgehead atoms. The average Bonchev–Trinajstić information content (AvgIpc) is 2.52. The van der Waals surface area contributed by atoms with E-state index >= 15 is 0 Å². The first-order chi connectivity index (χ1) is 10.5.